The number of rotatable bonds is 5. The van der Waals surface area contributed by atoms with Gasteiger partial charge in [0.05, 0.1) is 5.56 Å². The second kappa shape index (κ2) is 5.57. The minimum Gasteiger partial charge on any atom is -0.371 e. The van der Waals surface area contributed by atoms with Gasteiger partial charge in [-0.3, -0.25) is 9.59 Å². The zero-order valence-electron chi connectivity index (χ0n) is 11.1. The van der Waals surface area contributed by atoms with Gasteiger partial charge in [-0.15, -0.1) is 0 Å². The van der Waals surface area contributed by atoms with Gasteiger partial charge in [-0.1, -0.05) is 37.1 Å². The quantitative estimate of drug-likeness (QED) is 0.789. The van der Waals surface area contributed by atoms with Gasteiger partial charge in [-0.2, -0.15) is 0 Å². The fraction of sp³-hybridized carbons (Fsp3) is 0.333. The minimum absolute atomic E-state index is 0.386. The van der Waals surface area contributed by atoms with Crippen LogP contribution in [0.4, 0.5) is 5.69 Å². The summed E-state index contributed by atoms with van der Waals surface area (Å²) in [5.41, 5.74) is 1.01. The van der Waals surface area contributed by atoms with E-state index in [9.17, 15) is 9.59 Å². The third-order valence-corrected chi connectivity index (χ3v) is 3.50. The molecular formula is C15H16ClNO2. The summed E-state index contributed by atoms with van der Waals surface area (Å²) in [6.07, 6.45) is 2.05. The number of nitrogens with zero attached hydrogens (tertiary/aromatic N) is 1. The molecule has 2 aromatic carbocycles. The van der Waals surface area contributed by atoms with Crippen LogP contribution in [0.3, 0.4) is 0 Å². The van der Waals surface area contributed by atoms with Crippen LogP contribution in [-0.4, -0.2) is 13.6 Å². The standard InChI is InChI=1S/C15H16ClNO2/c1-3-4-9-17(2)13-12(14(18)15(13)19)10-5-7-11(16)8-6-10/h5-8H,3-4,9H2,1-2H3. The second-order valence-corrected chi connectivity index (χ2v) is 5.10. The van der Waals surface area contributed by atoms with E-state index in [2.05, 4.69) is 6.92 Å². The smallest absolute Gasteiger partial charge is 0.250 e. The molecule has 4 heteroatoms. The number of unbranched alkanes of at least 4 members (excludes halogenated alkanes) is 1. The van der Waals surface area contributed by atoms with Crippen molar-refractivity contribution in [2.45, 2.75) is 19.8 Å². The minimum atomic E-state index is -0.402. The van der Waals surface area contributed by atoms with Crippen LogP contribution in [0.15, 0.2) is 33.9 Å². The van der Waals surface area contributed by atoms with Crippen LogP contribution in [0, 0.1) is 0 Å². The van der Waals surface area contributed by atoms with E-state index in [-0.39, 0.29) is 5.43 Å². The molecule has 0 radical (unpaired) electrons. The first-order chi connectivity index (χ1) is 9.06. The second-order valence-electron chi connectivity index (χ2n) is 4.66. The molecule has 0 aromatic heterocycles. The Labute approximate surface area is 117 Å². The first kappa shape index (κ1) is 13.8. The van der Waals surface area contributed by atoms with Crippen molar-refractivity contribution in [1.29, 1.82) is 0 Å². The molecule has 0 heterocycles. The van der Waals surface area contributed by atoms with E-state index in [0.29, 0.717) is 16.3 Å². The normalized spacial score (nSPS) is 10.9. The zero-order chi connectivity index (χ0) is 14.0. The highest BCUT2D eigenvalue weighted by atomic mass is 35.5. The maximum Gasteiger partial charge on any atom is 0.250 e. The summed E-state index contributed by atoms with van der Waals surface area (Å²) in [5.74, 6) is 0. The molecule has 0 aliphatic rings. The fourth-order valence-corrected chi connectivity index (χ4v) is 2.26. The highest BCUT2D eigenvalue weighted by Crippen LogP contribution is 2.27. The van der Waals surface area contributed by atoms with Gasteiger partial charge in [0.25, 0.3) is 0 Å². The number of hydrogen-bond acceptors (Lipinski definition) is 3. The molecule has 0 fully saturated rings. The number of anilines is 1. The molecule has 0 unspecified atom stereocenters. The molecule has 0 atom stereocenters. The summed E-state index contributed by atoms with van der Waals surface area (Å²) in [6.45, 7) is 2.87. The van der Waals surface area contributed by atoms with Crippen molar-refractivity contribution in [2.24, 2.45) is 0 Å². The van der Waals surface area contributed by atoms with Gasteiger partial charge >= 0.3 is 0 Å². The summed E-state index contributed by atoms with van der Waals surface area (Å²) >= 11 is 5.83. The van der Waals surface area contributed by atoms with Gasteiger partial charge in [0, 0.05) is 18.6 Å². The highest BCUT2D eigenvalue weighted by Gasteiger charge is 2.24. The van der Waals surface area contributed by atoms with Crippen LogP contribution in [0.1, 0.15) is 19.8 Å². The Morgan fingerprint density at radius 1 is 1.11 bits per heavy atom. The molecule has 3 nitrogen and oxygen atoms in total. The molecule has 0 aliphatic heterocycles. The van der Waals surface area contributed by atoms with Crippen molar-refractivity contribution in [3.05, 3.63) is 49.7 Å². The summed E-state index contributed by atoms with van der Waals surface area (Å²) < 4.78 is 0. The molecule has 100 valence electrons. The van der Waals surface area contributed by atoms with Crippen LogP contribution in [0.2, 0.25) is 5.02 Å². The van der Waals surface area contributed by atoms with Gasteiger partial charge < -0.3 is 4.90 Å². The summed E-state index contributed by atoms with van der Waals surface area (Å²) in [5, 5.41) is 0.614. The fourth-order valence-electron chi connectivity index (χ4n) is 2.14. The van der Waals surface area contributed by atoms with E-state index >= 15 is 0 Å². The Morgan fingerprint density at radius 2 is 1.74 bits per heavy atom. The molecule has 0 amide bonds. The monoisotopic (exact) mass is 277 g/mol. The van der Waals surface area contributed by atoms with Crippen molar-refractivity contribution in [1.82, 2.24) is 0 Å². The summed E-state index contributed by atoms with van der Waals surface area (Å²) in [7, 11) is 1.85. The summed E-state index contributed by atoms with van der Waals surface area (Å²) in [4.78, 5) is 25.4. The molecule has 2 aromatic rings. The SMILES string of the molecule is CCCCN(C)c1c(-c2ccc(Cl)cc2)c(=O)c1=O. The van der Waals surface area contributed by atoms with Gasteiger partial charge in [0.15, 0.2) is 0 Å². The van der Waals surface area contributed by atoms with Crippen molar-refractivity contribution >= 4 is 17.3 Å². The molecule has 0 aliphatic carbocycles. The predicted octanol–water partition coefficient (Wildman–Crippen LogP) is 2.84. The Kier molecular flexibility index (Phi) is 4.05. The van der Waals surface area contributed by atoms with Crippen molar-refractivity contribution in [3.63, 3.8) is 0 Å². The molecule has 2 rings (SSSR count). The van der Waals surface area contributed by atoms with Gasteiger partial charge in [0.2, 0.25) is 10.9 Å². The van der Waals surface area contributed by atoms with Crippen LogP contribution >= 0.6 is 11.6 Å². The van der Waals surface area contributed by atoms with Crippen LogP contribution in [-0.2, 0) is 0 Å². The molecule has 0 bridgehead atoms. The van der Waals surface area contributed by atoms with E-state index in [0.717, 1.165) is 24.9 Å². The maximum atomic E-state index is 11.8. The molecule has 0 saturated heterocycles. The Bertz CT molecular complexity index is 639. The highest BCUT2D eigenvalue weighted by molar-refractivity contribution is 6.30. The van der Waals surface area contributed by atoms with Crippen molar-refractivity contribution < 1.29 is 0 Å². The topological polar surface area (TPSA) is 37.4 Å². The molecule has 0 N–H and O–H groups in total. The van der Waals surface area contributed by atoms with Gasteiger partial charge in [0.1, 0.15) is 5.69 Å². The average molecular weight is 278 g/mol. The zero-order valence-corrected chi connectivity index (χ0v) is 11.8. The average Bonchev–Trinajstić information content (AvgIpc) is 2.42. The molecule has 19 heavy (non-hydrogen) atoms. The van der Waals surface area contributed by atoms with Gasteiger partial charge in [-0.05, 0) is 24.1 Å². The largest absolute Gasteiger partial charge is 0.371 e. The van der Waals surface area contributed by atoms with E-state index < -0.39 is 5.43 Å². The van der Waals surface area contributed by atoms with Crippen LogP contribution < -0.4 is 15.8 Å². The van der Waals surface area contributed by atoms with Crippen molar-refractivity contribution in [2.75, 3.05) is 18.5 Å². The first-order valence-electron chi connectivity index (χ1n) is 6.36. The number of hydrogen-bond donors (Lipinski definition) is 0. The lowest BCUT2D eigenvalue weighted by Crippen LogP contribution is -2.40. The Balaban J connectivity index is 2.37. The Morgan fingerprint density at radius 3 is 2.32 bits per heavy atom. The Hall–Kier alpha value is -1.61. The first-order valence-corrected chi connectivity index (χ1v) is 6.74. The summed E-state index contributed by atoms with van der Waals surface area (Å²) in [6, 6.07) is 7.00. The lowest BCUT2D eigenvalue weighted by Gasteiger charge is -2.23. The van der Waals surface area contributed by atoms with E-state index in [4.69, 9.17) is 11.6 Å². The maximum absolute atomic E-state index is 11.8. The van der Waals surface area contributed by atoms with Gasteiger partial charge in [-0.25, -0.2) is 0 Å². The predicted molar refractivity (Wildman–Crippen MR) is 80.0 cm³/mol. The molecular weight excluding hydrogens is 262 g/mol. The molecule has 0 spiro atoms. The van der Waals surface area contributed by atoms with E-state index in [1.807, 2.05) is 11.9 Å². The third kappa shape index (κ3) is 2.56. The third-order valence-electron chi connectivity index (χ3n) is 3.25. The lowest BCUT2D eigenvalue weighted by atomic mass is 9.98. The molecule has 0 saturated carbocycles. The van der Waals surface area contributed by atoms with E-state index in [1.54, 1.807) is 24.3 Å². The number of halogens is 1. The van der Waals surface area contributed by atoms with Crippen LogP contribution in [0.25, 0.3) is 11.1 Å². The lowest BCUT2D eigenvalue weighted by molar-refractivity contribution is 0.763. The number of benzene rings is 1. The van der Waals surface area contributed by atoms with Crippen LogP contribution in [0.5, 0.6) is 0 Å². The van der Waals surface area contributed by atoms with Crippen molar-refractivity contribution in [3.8, 4) is 11.1 Å². The van der Waals surface area contributed by atoms with E-state index in [1.165, 1.54) is 0 Å².